The lowest BCUT2D eigenvalue weighted by molar-refractivity contribution is 0.319. The van der Waals surface area contributed by atoms with E-state index in [1.807, 2.05) is 30.3 Å². The van der Waals surface area contributed by atoms with Gasteiger partial charge < -0.3 is 10.2 Å². The van der Waals surface area contributed by atoms with E-state index >= 15 is 0 Å². The molecule has 17 heavy (non-hydrogen) atoms. The van der Waals surface area contributed by atoms with E-state index in [4.69, 9.17) is 5.21 Å². The zero-order chi connectivity index (χ0) is 11.8. The number of aromatic nitrogens is 1. The lowest BCUT2D eigenvalue weighted by Gasteiger charge is -2.00. The average molecular weight is 224 g/mol. The first-order chi connectivity index (χ1) is 8.31. The van der Waals surface area contributed by atoms with E-state index in [0.29, 0.717) is 5.71 Å². The maximum absolute atomic E-state index is 8.90. The van der Waals surface area contributed by atoms with Gasteiger partial charge in [-0.2, -0.15) is 0 Å². The van der Waals surface area contributed by atoms with Crippen molar-refractivity contribution < 1.29 is 5.21 Å². The number of oxime groups is 1. The van der Waals surface area contributed by atoms with Gasteiger partial charge in [0.1, 0.15) is 0 Å². The van der Waals surface area contributed by atoms with Crippen molar-refractivity contribution in [2.75, 3.05) is 0 Å². The first-order valence-electron chi connectivity index (χ1n) is 5.49. The van der Waals surface area contributed by atoms with Gasteiger partial charge in [0, 0.05) is 21.9 Å². The van der Waals surface area contributed by atoms with Crippen LogP contribution in [0.15, 0.2) is 47.6 Å². The largest absolute Gasteiger partial charge is 0.411 e. The van der Waals surface area contributed by atoms with E-state index in [2.05, 4.69) is 22.3 Å². The standard InChI is InChI=1S/C14H12N2O/c1-9(16-17)10-6-4-7-12-11-5-2-3-8-13(11)15-14(10)12/h2-8,15,17H,1H3/b16-9-. The van der Waals surface area contributed by atoms with E-state index in [1.165, 1.54) is 5.39 Å². The minimum absolute atomic E-state index is 0.613. The molecule has 0 aliphatic carbocycles. The molecule has 3 nitrogen and oxygen atoms in total. The molecule has 0 unspecified atom stereocenters. The minimum atomic E-state index is 0.613. The fourth-order valence-electron chi connectivity index (χ4n) is 2.23. The predicted molar refractivity (Wildman–Crippen MR) is 69.8 cm³/mol. The fraction of sp³-hybridized carbons (Fsp3) is 0.0714. The third-order valence-electron chi connectivity index (χ3n) is 3.08. The molecule has 0 bridgehead atoms. The number of nitrogens with zero attached hydrogens (tertiary/aromatic N) is 1. The fourth-order valence-corrected chi connectivity index (χ4v) is 2.23. The van der Waals surface area contributed by atoms with Crippen LogP contribution in [0.5, 0.6) is 0 Å². The Morgan fingerprint density at radius 1 is 1.06 bits per heavy atom. The highest BCUT2D eigenvalue weighted by molar-refractivity contribution is 6.16. The van der Waals surface area contributed by atoms with Crippen molar-refractivity contribution in [3.63, 3.8) is 0 Å². The van der Waals surface area contributed by atoms with Crippen molar-refractivity contribution in [3.8, 4) is 0 Å². The zero-order valence-electron chi connectivity index (χ0n) is 9.44. The van der Waals surface area contributed by atoms with E-state index in [0.717, 1.165) is 22.0 Å². The summed E-state index contributed by atoms with van der Waals surface area (Å²) in [4.78, 5) is 3.37. The number of hydrogen-bond donors (Lipinski definition) is 2. The molecule has 0 spiro atoms. The van der Waals surface area contributed by atoms with Crippen LogP contribution < -0.4 is 0 Å². The van der Waals surface area contributed by atoms with Crippen molar-refractivity contribution >= 4 is 27.5 Å². The molecule has 0 saturated heterocycles. The highest BCUT2D eigenvalue weighted by Gasteiger charge is 2.09. The Bertz CT molecular complexity index is 725. The Kier molecular flexibility index (Phi) is 2.11. The average Bonchev–Trinajstić information content (AvgIpc) is 2.76. The summed E-state index contributed by atoms with van der Waals surface area (Å²) in [6, 6.07) is 14.2. The number of nitrogens with one attached hydrogen (secondary N) is 1. The van der Waals surface area contributed by atoms with E-state index in [9.17, 15) is 0 Å². The van der Waals surface area contributed by atoms with Crippen LogP contribution in [0.25, 0.3) is 21.8 Å². The number of rotatable bonds is 1. The Morgan fingerprint density at radius 2 is 1.82 bits per heavy atom. The van der Waals surface area contributed by atoms with Crippen molar-refractivity contribution in [1.29, 1.82) is 0 Å². The first kappa shape index (κ1) is 9.90. The minimum Gasteiger partial charge on any atom is -0.411 e. The maximum Gasteiger partial charge on any atom is 0.0858 e. The number of H-pyrrole nitrogens is 1. The summed E-state index contributed by atoms with van der Waals surface area (Å²) in [5.74, 6) is 0. The van der Waals surface area contributed by atoms with Gasteiger partial charge in [0.05, 0.1) is 11.2 Å². The van der Waals surface area contributed by atoms with Gasteiger partial charge in [-0.1, -0.05) is 41.6 Å². The Morgan fingerprint density at radius 3 is 2.65 bits per heavy atom. The molecule has 0 amide bonds. The Hall–Kier alpha value is -2.29. The van der Waals surface area contributed by atoms with Gasteiger partial charge in [-0.3, -0.25) is 0 Å². The summed E-state index contributed by atoms with van der Waals surface area (Å²) >= 11 is 0. The van der Waals surface area contributed by atoms with Gasteiger partial charge in [0.15, 0.2) is 0 Å². The van der Waals surface area contributed by atoms with Gasteiger partial charge in [0.25, 0.3) is 0 Å². The van der Waals surface area contributed by atoms with Crippen LogP contribution in [0, 0.1) is 0 Å². The second kappa shape index (κ2) is 3.63. The highest BCUT2D eigenvalue weighted by Crippen LogP contribution is 2.27. The van der Waals surface area contributed by atoms with Crippen LogP contribution in [0.2, 0.25) is 0 Å². The number of fused-ring (bicyclic) bond motifs is 3. The molecule has 0 atom stereocenters. The van der Waals surface area contributed by atoms with Gasteiger partial charge in [-0.05, 0) is 13.0 Å². The molecular weight excluding hydrogens is 212 g/mol. The monoisotopic (exact) mass is 224 g/mol. The summed E-state index contributed by atoms with van der Waals surface area (Å²) in [5.41, 5.74) is 3.66. The van der Waals surface area contributed by atoms with Crippen LogP contribution >= 0.6 is 0 Å². The normalized spacial score (nSPS) is 12.4. The third-order valence-corrected chi connectivity index (χ3v) is 3.08. The van der Waals surface area contributed by atoms with Crippen molar-refractivity contribution in [2.45, 2.75) is 6.92 Å². The van der Waals surface area contributed by atoms with Crippen LogP contribution in [-0.4, -0.2) is 15.9 Å². The quantitative estimate of drug-likeness (QED) is 0.371. The zero-order valence-corrected chi connectivity index (χ0v) is 9.44. The SMILES string of the molecule is C/C(=N/O)c1cccc2c1[nH]c1ccccc12. The highest BCUT2D eigenvalue weighted by atomic mass is 16.4. The summed E-state index contributed by atoms with van der Waals surface area (Å²) in [6.07, 6.45) is 0. The van der Waals surface area contributed by atoms with Crippen LogP contribution in [0.1, 0.15) is 12.5 Å². The van der Waals surface area contributed by atoms with Gasteiger partial charge in [0.2, 0.25) is 0 Å². The van der Waals surface area contributed by atoms with Crippen LogP contribution in [-0.2, 0) is 0 Å². The molecule has 0 fully saturated rings. The van der Waals surface area contributed by atoms with E-state index in [-0.39, 0.29) is 0 Å². The summed E-state index contributed by atoms with van der Waals surface area (Å²) < 4.78 is 0. The van der Waals surface area contributed by atoms with Gasteiger partial charge in [-0.25, -0.2) is 0 Å². The Balaban J connectivity index is 2.48. The molecule has 0 aliphatic heterocycles. The molecule has 0 radical (unpaired) electrons. The predicted octanol–water partition coefficient (Wildman–Crippen LogP) is 3.52. The lowest BCUT2D eigenvalue weighted by Crippen LogP contribution is -1.95. The van der Waals surface area contributed by atoms with Gasteiger partial charge in [-0.15, -0.1) is 0 Å². The maximum atomic E-state index is 8.90. The summed E-state index contributed by atoms with van der Waals surface area (Å²) in [5, 5.41) is 14.5. The second-order valence-corrected chi connectivity index (χ2v) is 4.08. The molecule has 2 N–H and O–H groups in total. The summed E-state index contributed by atoms with van der Waals surface area (Å²) in [7, 11) is 0. The third kappa shape index (κ3) is 1.40. The lowest BCUT2D eigenvalue weighted by atomic mass is 10.1. The molecule has 1 aromatic heterocycles. The Labute approximate surface area is 98.4 Å². The summed E-state index contributed by atoms with van der Waals surface area (Å²) in [6.45, 7) is 1.79. The number of benzene rings is 2. The molecule has 3 rings (SSSR count). The number of aromatic amines is 1. The molecule has 0 saturated carbocycles. The van der Waals surface area contributed by atoms with Crippen molar-refractivity contribution in [3.05, 3.63) is 48.0 Å². The smallest absolute Gasteiger partial charge is 0.0858 e. The molecule has 84 valence electrons. The van der Waals surface area contributed by atoms with Crippen molar-refractivity contribution in [1.82, 2.24) is 4.98 Å². The molecule has 3 aromatic rings. The molecular formula is C14H12N2O. The number of para-hydroxylation sites is 2. The molecule has 0 aliphatic rings. The van der Waals surface area contributed by atoms with Crippen LogP contribution in [0.3, 0.4) is 0 Å². The van der Waals surface area contributed by atoms with Gasteiger partial charge >= 0.3 is 0 Å². The van der Waals surface area contributed by atoms with Crippen LogP contribution in [0.4, 0.5) is 0 Å². The second-order valence-electron chi connectivity index (χ2n) is 4.08. The van der Waals surface area contributed by atoms with E-state index < -0.39 is 0 Å². The first-order valence-corrected chi connectivity index (χ1v) is 5.49. The topological polar surface area (TPSA) is 48.4 Å². The van der Waals surface area contributed by atoms with E-state index in [1.54, 1.807) is 6.92 Å². The number of hydrogen-bond acceptors (Lipinski definition) is 2. The van der Waals surface area contributed by atoms with Crippen molar-refractivity contribution in [2.24, 2.45) is 5.16 Å². The molecule has 3 heteroatoms. The molecule has 2 aromatic carbocycles. The molecule has 1 heterocycles.